The summed E-state index contributed by atoms with van der Waals surface area (Å²) in [7, 11) is 0. The minimum atomic E-state index is 0.663. The monoisotopic (exact) mass is 143 g/mol. The molecule has 0 aliphatic heterocycles. The van der Waals surface area contributed by atoms with Crippen molar-refractivity contribution in [2.24, 2.45) is 0 Å². The first-order valence-corrected chi connectivity index (χ1v) is 4.34. The molecular weight excluding hydrogens is 124 g/mol. The van der Waals surface area contributed by atoms with E-state index in [1.165, 1.54) is 19.3 Å². The number of aliphatic hydroxyl groups is 1. The van der Waals surface area contributed by atoms with Crippen molar-refractivity contribution in [3.63, 3.8) is 0 Å². The molecular formula is C9H19O. The second-order valence-electron chi connectivity index (χ2n) is 2.73. The predicted octanol–water partition coefficient (Wildman–Crippen LogP) is 3.27. The van der Waals surface area contributed by atoms with Gasteiger partial charge in [0.25, 0.3) is 0 Å². The number of rotatable bonds is 6. The summed E-state index contributed by atoms with van der Waals surface area (Å²) in [6.07, 6.45) is 7.40. The second-order valence-corrected chi connectivity index (χ2v) is 2.73. The molecule has 0 aliphatic carbocycles. The maximum absolute atomic E-state index is 9.07. The topological polar surface area (TPSA) is 20.2 Å². The molecule has 0 aromatic carbocycles. The molecule has 0 aliphatic rings. The van der Waals surface area contributed by atoms with Crippen molar-refractivity contribution in [2.45, 2.75) is 52.4 Å². The molecule has 1 nitrogen and oxygen atoms in total. The van der Waals surface area contributed by atoms with Gasteiger partial charge in [0.2, 0.25) is 0 Å². The summed E-state index contributed by atoms with van der Waals surface area (Å²) < 4.78 is 0. The van der Waals surface area contributed by atoms with Crippen LogP contribution in [0.25, 0.3) is 0 Å². The van der Waals surface area contributed by atoms with Crippen molar-refractivity contribution in [3.8, 4) is 0 Å². The molecule has 0 aromatic rings. The highest BCUT2D eigenvalue weighted by Gasteiger charge is 1.99. The van der Waals surface area contributed by atoms with Crippen LogP contribution < -0.4 is 0 Å². The standard InChI is InChI=1S/C9H19O/c1-3-5-6-7-8-9(10)4-2/h10H,3-8H2,1-2H3. The summed E-state index contributed by atoms with van der Waals surface area (Å²) in [5.74, 6) is 0. The van der Waals surface area contributed by atoms with Gasteiger partial charge < -0.3 is 5.11 Å². The van der Waals surface area contributed by atoms with Gasteiger partial charge in [0.1, 0.15) is 0 Å². The van der Waals surface area contributed by atoms with Crippen LogP contribution >= 0.6 is 0 Å². The van der Waals surface area contributed by atoms with Gasteiger partial charge in [0.05, 0.1) is 6.10 Å². The van der Waals surface area contributed by atoms with Crippen LogP contribution in [-0.2, 0) is 0 Å². The Bertz CT molecular complexity index is 61.7. The summed E-state index contributed by atoms with van der Waals surface area (Å²) in [5, 5.41) is 9.07. The van der Waals surface area contributed by atoms with Crippen LogP contribution in [0.4, 0.5) is 0 Å². The third-order valence-corrected chi connectivity index (χ3v) is 1.73. The van der Waals surface area contributed by atoms with Crippen molar-refractivity contribution in [1.82, 2.24) is 0 Å². The lowest BCUT2D eigenvalue weighted by Gasteiger charge is -2.04. The van der Waals surface area contributed by atoms with Gasteiger partial charge in [-0.05, 0) is 12.8 Å². The predicted molar refractivity (Wildman–Crippen MR) is 44.2 cm³/mol. The van der Waals surface area contributed by atoms with E-state index in [9.17, 15) is 0 Å². The SMILES string of the molecule is CCCCCC[C](O)CC. The maximum Gasteiger partial charge on any atom is 0.0930 e. The molecule has 0 fully saturated rings. The second kappa shape index (κ2) is 7.07. The highest BCUT2D eigenvalue weighted by Crippen LogP contribution is 2.12. The Morgan fingerprint density at radius 3 is 2.30 bits per heavy atom. The Balaban J connectivity index is 2.89. The minimum absolute atomic E-state index is 0.663. The molecule has 1 heteroatoms. The van der Waals surface area contributed by atoms with E-state index in [0.717, 1.165) is 19.3 Å². The van der Waals surface area contributed by atoms with E-state index >= 15 is 0 Å². The van der Waals surface area contributed by atoms with E-state index < -0.39 is 0 Å². The molecule has 0 spiro atoms. The van der Waals surface area contributed by atoms with Gasteiger partial charge in [0.15, 0.2) is 0 Å². The minimum Gasteiger partial charge on any atom is -0.387 e. The first-order valence-electron chi connectivity index (χ1n) is 4.34. The smallest absolute Gasteiger partial charge is 0.0930 e. The van der Waals surface area contributed by atoms with Gasteiger partial charge in [-0.1, -0.05) is 39.5 Å². The molecule has 0 heterocycles. The van der Waals surface area contributed by atoms with Gasteiger partial charge in [0, 0.05) is 0 Å². The molecule has 0 atom stereocenters. The Morgan fingerprint density at radius 2 is 1.80 bits per heavy atom. The van der Waals surface area contributed by atoms with E-state index in [1.807, 2.05) is 6.92 Å². The number of unbranched alkanes of at least 4 members (excludes halogenated alkanes) is 3. The van der Waals surface area contributed by atoms with E-state index in [2.05, 4.69) is 6.92 Å². The van der Waals surface area contributed by atoms with Gasteiger partial charge in [-0.2, -0.15) is 0 Å². The first-order chi connectivity index (χ1) is 4.81. The number of hydrogen-bond donors (Lipinski definition) is 1. The van der Waals surface area contributed by atoms with Crippen LogP contribution in [0.1, 0.15) is 52.4 Å². The Kier molecular flexibility index (Phi) is 7.04. The summed E-state index contributed by atoms with van der Waals surface area (Å²) >= 11 is 0. The van der Waals surface area contributed by atoms with E-state index in [0.29, 0.717) is 6.10 Å². The van der Waals surface area contributed by atoms with Crippen molar-refractivity contribution in [2.75, 3.05) is 0 Å². The summed E-state index contributed by atoms with van der Waals surface area (Å²) in [5.41, 5.74) is 0. The van der Waals surface area contributed by atoms with Gasteiger partial charge in [-0.15, -0.1) is 0 Å². The average molecular weight is 143 g/mol. The van der Waals surface area contributed by atoms with Crippen molar-refractivity contribution in [3.05, 3.63) is 6.10 Å². The third kappa shape index (κ3) is 6.09. The molecule has 0 aromatic heterocycles. The Morgan fingerprint density at radius 1 is 1.10 bits per heavy atom. The fourth-order valence-corrected chi connectivity index (χ4v) is 0.933. The largest absolute Gasteiger partial charge is 0.387 e. The zero-order chi connectivity index (χ0) is 7.82. The molecule has 0 bridgehead atoms. The van der Waals surface area contributed by atoms with Crippen LogP contribution in [0.5, 0.6) is 0 Å². The number of aliphatic hydroxyl groups excluding tert-OH is 1. The summed E-state index contributed by atoms with van der Waals surface area (Å²) in [6, 6.07) is 0. The maximum atomic E-state index is 9.07. The number of hydrogen-bond acceptors (Lipinski definition) is 1. The Labute approximate surface area is 64.5 Å². The summed E-state index contributed by atoms with van der Waals surface area (Å²) in [4.78, 5) is 0. The van der Waals surface area contributed by atoms with Crippen molar-refractivity contribution in [1.29, 1.82) is 0 Å². The molecule has 0 rings (SSSR count). The summed E-state index contributed by atoms with van der Waals surface area (Å²) in [6.45, 7) is 4.19. The van der Waals surface area contributed by atoms with Crippen LogP contribution in [0.15, 0.2) is 0 Å². The highest BCUT2D eigenvalue weighted by atomic mass is 16.3. The molecule has 0 saturated heterocycles. The first kappa shape index (κ1) is 9.96. The van der Waals surface area contributed by atoms with Gasteiger partial charge >= 0.3 is 0 Å². The lowest BCUT2D eigenvalue weighted by atomic mass is 10.1. The molecule has 0 saturated carbocycles. The zero-order valence-electron chi connectivity index (χ0n) is 7.19. The molecule has 1 radical (unpaired) electrons. The lowest BCUT2D eigenvalue weighted by Crippen LogP contribution is -1.92. The molecule has 0 amide bonds. The van der Waals surface area contributed by atoms with Gasteiger partial charge in [-0.3, -0.25) is 0 Å². The molecule has 0 unspecified atom stereocenters. The quantitative estimate of drug-likeness (QED) is 0.566. The fraction of sp³-hybridized carbons (Fsp3) is 0.889. The van der Waals surface area contributed by atoms with Crippen LogP contribution in [0, 0.1) is 6.10 Å². The average Bonchev–Trinajstić information content (AvgIpc) is 1.98. The lowest BCUT2D eigenvalue weighted by molar-refractivity contribution is 0.269. The fourth-order valence-electron chi connectivity index (χ4n) is 0.933. The van der Waals surface area contributed by atoms with E-state index in [4.69, 9.17) is 5.11 Å². The van der Waals surface area contributed by atoms with E-state index in [-0.39, 0.29) is 0 Å². The van der Waals surface area contributed by atoms with Crippen LogP contribution in [-0.4, -0.2) is 5.11 Å². The Hall–Kier alpha value is -0.0400. The molecule has 10 heavy (non-hydrogen) atoms. The van der Waals surface area contributed by atoms with Crippen LogP contribution in [0.3, 0.4) is 0 Å². The van der Waals surface area contributed by atoms with Crippen molar-refractivity contribution < 1.29 is 5.11 Å². The zero-order valence-corrected chi connectivity index (χ0v) is 7.19. The van der Waals surface area contributed by atoms with Crippen LogP contribution in [0.2, 0.25) is 0 Å². The van der Waals surface area contributed by atoms with Gasteiger partial charge in [-0.25, -0.2) is 0 Å². The third-order valence-electron chi connectivity index (χ3n) is 1.73. The van der Waals surface area contributed by atoms with E-state index in [1.54, 1.807) is 0 Å². The van der Waals surface area contributed by atoms with Crippen molar-refractivity contribution >= 4 is 0 Å². The molecule has 61 valence electrons. The molecule has 1 N–H and O–H groups in total. The normalized spacial score (nSPS) is 10.8. The highest BCUT2D eigenvalue weighted by molar-refractivity contribution is 4.71.